The van der Waals surface area contributed by atoms with Crippen molar-refractivity contribution >= 4 is 46.3 Å². The van der Waals surface area contributed by atoms with Gasteiger partial charge in [-0.2, -0.15) is 5.26 Å². The lowest BCUT2D eigenvalue weighted by Gasteiger charge is -2.26. The van der Waals surface area contributed by atoms with Crippen LogP contribution in [0, 0.1) is 11.3 Å². The molecule has 1 aliphatic rings. The number of Topliss-reactive ketones (excluding diaryl/α,β-unsaturated/α-hetero) is 1. The Labute approximate surface area is 235 Å². The quantitative estimate of drug-likeness (QED) is 0.203. The monoisotopic (exact) mass is 566 g/mol. The fraction of sp³-hybridized carbons (Fsp3) is 0.207. The summed E-state index contributed by atoms with van der Waals surface area (Å²) in [6.45, 7) is 3.75. The minimum atomic E-state index is -1.06. The van der Waals surface area contributed by atoms with Gasteiger partial charge in [0.2, 0.25) is 0 Å². The molecule has 1 aliphatic heterocycles. The Bertz CT molecular complexity index is 1530. The Morgan fingerprint density at radius 2 is 1.69 bits per heavy atom. The standard InChI is InChI=1S/C29H24Cl2N2O6/c1-15(2)39-19-7-5-6-17(12-19)24-22(25(34)20-13-21(30)28(38-4)23(31)27(20)37-3)26(35)29(36)33(24)18-10-8-16(14-32)9-11-18/h5-13,15,24,34H,1-4H3/b25-22+. The number of carbonyl (C=O) groups excluding carboxylic acids is 2. The third-order valence-electron chi connectivity index (χ3n) is 6.06. The average molecular weight is 567 g/mol. The van der Waals surface area contributed by atoms with Crippen LogP contribution < -0.4 is 19.1 Å². The summed E-state index contributed by atoms with van der Waals surface area (Å²) in [6, 6.07) is 15.4. The molecule has 0 aromatic heterocycles. The van der Waals surface area contributed by atoms with Crippen molar-refractivity contribution in [2.45, 2.75) is 26.0 Å². The van der Waals surface area contributed by atoms with Crippen LogP contribution in [-0.4, -0.2) is 37.1 Å². The molecule has 0 saturated carbocycles. The van der Waals surface area contributed by atoms with Crippen molar-refractivity contribution in [3.8, 4) is 23.3 Å². The highest BCUT2D eigenvalue weighted by atomic mass is 35.5. The van der Waals surface area contributed by atoms with Crippen LogP contribution in [0.2, 0.25) is 10.0 Å². The number of aliphatic hydroxyl groups is 1. The first kappa shape index (κ1) is 27.8. The van der Waals surface area contributed by atoms with Crippen molar-refractivity contribution in [3.63, 3.8) is 0 Å². The minimum Gasteiger partial charge on any atom is -0.507 e. The highest BCUT2D eigenvalue weighted by Gasteiger charge is 2.47. The maximum atomic E-state index is 13.5. The van der Waals surface area contributed by atoms with Crippen LogP contribution in [0.15, 0.2) is 60.2 Å². The van der Waals surface area contributed by atoms with Gasteiger partial charge in [-0.1, -0.05) is 35.3 Å². The number of carbonyl (C=O) groups is 2. The van der Waals surface area contributed by atoms with Crippen molar-refractivity contribution in [1.82, 2.24) is 0 Å². The van der Waals surface area contributed by atoms with Gasteiger partial charge in [0.05, 0.1) is 54.2 Å². The lowest BCUT2D eigenvalue weighted by atomic mass is 9.94. The van der Waals surface area contributed by atoms with Crippen LogP contribution in [-0.2, 0) is 9.59 Å². The van der Waals surface area contributed by atoms with Crippen LogP contribution in [0.4, 0.5) is 5.69 Å². The SMILES string of the molecule is COc1c(Cl)cc(/C(O)=C2\C(=O)C(=O)N(c3ccc(C#N)cc3)C2c2cccc(OC(C)C)c2)c(OC)c1Cl. The van der Waals surface area contributed by atoms with E-state index in [2.05, 4.69) is 0 Å². The minimum absolute atomic E-state index is 0.00529. The van der Waals surface area contributed by atoms with Crippen molar-refractivity contribution in [1.29, 1.82) is 5.26 Å². The van der Waals surface area contributed by atoms with E-state index in [0.717, 1.165) is 0 Å². The zero-order chi connectivity index (χ0) is 28.4. The van der Waals surface area contributed by atoms with Gasteiger partial charge < -0.3 is 19.3 Å². The first-order chi connectivity index (χ1) is 18.6. The number of benzene rings is 3. The summed E-state index contributed by atoms with van der Waals surface area (Å²) in [7, 11) is 2.71. The van der Waals surface area contributed by atoms with Crippen LogP contribution in [0.3, 0.4) is 0 Å². The predicted molar refractivity (Wildman–Crippen MR) is 148 cm³/mol. The molecule has 1 fully saturated rings. The predicted octanol–water partition coefficient (Wildman–Crippen LogP) is 6.30. The molecular weight excluding hydrogens is 543 g/mol. The lowest BCUT2D eigenvalue weighted by Crippen LogP contribution is -2.29. The summed E-state index contributed by atoms with van der Waals surface area (Å²) in [5, 5.41) is 20.9. The number of hydrogen-bond donors (Lipinski definition) is 1. The number of nitriles is 1. The Hall–Kier alpha value is -4.19. The molecule has 1 N–H and O–H groups in total. The molecule has 0 aliphatic carbocycles. The number of amides is 1. The molecular formula is C29H24Cl2N2O6. The van der Waals surface area contributed by atoms with Gasteiger partial charge in [0.15, 0.2) is 11.5 Å². The van der Waals surface area contributed by atoms with E-state index in [1.807, 2.05) is 19.9 Å². The number of rotatable bonds is 7. The first-order valence-corrected chi connectivity index (χ1v) is 12.6. The molecule has 0 spiro atoms. The second-order valence-electron chi connectivity index (χ2n) is 8.85. The number of methoxy groups -OCH3 is 2. The van der Waals surface area contributed by atoms with E-state index in [1.54, 1.807) is 36.4 Å². The van der Waals surface area contributed by atoms with Gasteiger partial charge in [-0.15, -0.1) is 0 Å². The summed E-state index contributed by atoms with van der Waals surface area (Å²) < 4.78 is 16.5. The molecule has 1 unspecified atom stereocenters. The van der Waals surface area contributed by atoms with E-state index in [-0.39, 0.29) is 38.8 Å². The molecule has 39 heavy (non-hydrogen) atoms. The fourth-order valence-corrected chi connectivity index (χ4v) is 5.12. The topological polar surface area (TPSA) is 109 Å². The molecule has 3 aromatic carbocycles. The molecule has 0 radical (unpaired) electrons. The highest BCUT2D eigenvalue weighted by molar-refractivity contribution is 6.52. The molecule has 3 aromatic rings. The summed E-state index contributed by atoms with van der Waals surface area (Å²) in [5.74, 6) is -1.68. The van der Waals surface area contributed by atoms with Gasteiger partial charge in [0.1, 0.15) is 16.5 Å². The smallest absolute Gasteiger partial charge is 0.300 e. The van der Waals surface area contributed by atoms with Crippen molar-refractivity contribution in [2.75, 3.05) is 19.1 Å². The van der Waals surface area contributed by atoms with E-state index < -0.39 is 23.5 Å². The lowest BCUT2D eigenvalue weighted by molar-refractivity contribution is -0.132. The van der Waals surface area contributed by atoms with Crippen molar-refractivity contribution in [2.24, 2.45) is 0 Å². The third-order valence-corrected chi connectivity index (χ3v) is 6.68. The normalized spacial score (nSPS) is 16.4. The molecule has 1 amide bonds. The zero-order valence-electron chi connectivity index (χ0n) is 21.5. The van der Waals surface area contributed by atoms with Crippen LogP contribution in [0.5, 0.6) is 17.2 Å². The Balaban J connectivity index is 2.00. The average Bonchev–Trinajstić information content (AvgIpc) is 3.18. The first-order valence-electron chi connectivity index (χ1n) is 11.8. The third kappa shape index (κ3) is 5.11. The van der Waals surface area contributed by atoms with Gasteiger partial charge in [-0.25, -0.2) is 0 Å². The summed E-state index contributed by atoms with van der Waals surface area (Å²) in [5.41, 5.74) is 1.04. The Morgan fingerprint density at radius 1 is 1.03 bits per heavy atom. The molecule has 0 bridgehead atoms. The molecule has 8 nitrogen and oxygen atoms in total. The summed E-state index contributed by atoms with van der Waals surface area (Å²) in [6.07, 6.45) is -0.127. The maximum Gasteiger partial charge on any atom is 0.300 e. The zero-order valence-corrected chi connectivity index (χ0v) is 23.0. The number of halogens is 2. The molecule has 200 valence electrons. The van der Waals surface area contributed by atoms with Crippen LogP contribution in [0.1, 0.15) is 36.6 Å². The van der Waals surface area contributed by atoms with E-state index in [0.29, 0.717) is 22.6 Å². The van der Waals surface area contributed by atoms with E-state index >= 15 is 0 Å². The van der Waals surface area contributed by atoms with E-state index in [1.165, 1.54) is 37.3 Å². The number of ketones is 1. The Kier molecular flexibility index (Phi) is 8.05. The van der Waals surface area contributed by atoms with Gasteiger partial charge in [-0.05, 0) is 61.9 Å². The van der Waals surface area contributed by atoms with E-state index in [9.17, 15) is 20.0 Å². The van der Waals surface area contributed by atoms with Crippen LogP contribution in [0.25, 0.3) is 5.76 Å². The largest absolute Gasteiger partial charge is 0.507 e. The second-order valence-corrected chi connectivity index (χ2v) is 9.64. The molecule has 1 heterocycles. The number of hydrogen-bond acceptors (Lipinski definition) is 7. The summed E-state index contributed by atoms with van der Waals surface area (Å²) in [4.78, 5) is 28.3. The van der Waals surface area contributed by atoms with Gasteiger partial charge in [0, 0.05) is 5.69 Å². The fourth-order valence-electron chi connectivity index (χ4n) is 4.43. The van der Waals surface area contributed by atoms with Crippen molar-refractivity contribution < 1.29 is 28.9 Å². The molecule has 10 heteroatoms. The number of anilines is 1. The second kappa shape index (κ2) is 11.3. The van der Waals surface area contributed by atoms with E-state index in [4.69, 9.17) is 37.4 Å². The van der Waals surface area contributed by atoms with Gasteiger partial charge >= 0.3 is 0 Å². The highest BCUT2D eigenvalue weighted by Crippen LogP contribution is 2.48. The molecule has 1 saturated heterocycles. The number of ether oxygens (including phenoxy) is 3. The Morgan fingerprint density at radius 3 is 2.28 bits per heavy atom. The molecule has 1 atom stereocenters. The van der Waals surface area contributed by atoms with Crippen LogP contribution >= 0.6 is 23.2 Å². The maximum absolute atomic E-state index is 13.5. The number of nitrogens with zero attached hydrogens (tertiary/aromatic N) is 2. The summed E-state index contributed by atoms with van der Waals surface area (Å²) >= 11 is 12.8. The van der Waals surface area contributed by atoms with Gasteiger partial charge in [0.25, 0.3) is 11.7 Å². The molecule has 4 rings (SSSR count). The van der Waals surface area contributed by atoms with Gasteiger partial charge in [-0.3, -0.25) is 14.5 Å². The number of aliphatic hydroxyl groups excluding tert-OH is 1. The van der Waals surface area contributed by atoms with Crippen molar-refractivity contribution in [3.05, 3.63) is 86.9 Å².